The zero-order valence-corrected chi connectivity index (χ0v) is 9.56. The predicted octanol–water partition coefficient (Wildman–Crippen LogP) is 1.26. The summed E-state index contributed by atoms with van der Waals surface area (Å²) in [6.45, 7) is -0.0494. The van der Waals surface area contributed by atoms with Gasteiger partial charge in [-0.1, -0.05) is 30.3 Å². The van der Waals surface area contributed by atoms with Crippen molar-refractivity contribution < 1.29 is 14.7 Å². The van der Waals surface area contributed by atoms with Gasteiger partial charge in [-0.2, -0.15) is 0 Å². The summed E-state index contributed by atoms with van der Waals surface area (Å²) >= 11 is 0. The Morgan fingerprint density at radius 3 is 2.56 bits per heavy atom. The summed E-state index contributed by atoms with van der Waals surface area (Å²) in [5.74, 6) is -0.727. The van der Waals surface area contributed by atoms with Crippen LogP contribution in [-0.2, 0) is 6.42 Å². The summed E-state index contributed by atoms with van der Waals surface area (Å²) in [6, 6.07) is 9.31. The van der Waals surface area contributed by atoms with Crippen LogP contribution >= 0.6 is 0 Å². The standard InChI is InChI=1S/C14H11NO3/c16-6-5-9-7-8-3-1-2-4-10(8)12-11(9)13(17)15-14(12)18/h1-4,7,16H,5-6H2,(H,15,17,18). The van der Waals surface area contributed by atoms with Gasteiger partial charge in [0, 0.05) is 6.61 Å². The highest BCUT2D eigenvalue weighted by atomic mass is 16.3. The van der Waals surface area contributed by atoms with Crippen molar-refractivity contribution in [2.24, 2.45) is 0 Å². The summed E-state index contributed by atoms with van der Waals surface area (Å²) in [4.78, 5) is 23.7. The quantitative estimate of drug-likeness (QED) is 0.778. The number of hydrogen-bond acceptors (Lipinski definition) is 3. The molecule has 2 aromatic carbocycles. The molecule has 2 aromatic rings. The maximum Gasteiger partial charge on any atom is 0.259 e. The van der Waals surface area contributed by atoms with Gasteiger partial charge < -0.3 is 5.11 Å². The summed E-state index contributed by atoms with van der Waals surface area (Å²) in [7, 11) is 0. The molecule has 1 heterocycles. The molecular formula is C14H11NO3. The second-order valence-corrected chi connectivity index (χ2v) is 4.26. The van der Waals surface area contributed by atoms with Crippen LogP contribution < -0.4 is 5.32 Å². The molecule has 0 aliphatic carbocycles. The van der Waals surface area contributed by atoms with Crippen LogP contribution in [0, 0.1) is 0 Å². The Labute approximate surface area is 103 Å². The van der Waals surface area contributed by atoms with Crippen molar-refractivity contribution in [2.75, 3.05) is 6.61 Å². The molecule has 0 unspecified atom stereocenters. The fourth-order valence-corrected chi connectivity index (χ4v) is 2.45. The second-order valence-electron chi connectivity index (χ2n) is 4.26. The van der Waals surface area contributed by atoms with Gasteiger partial charge in [0.15, 0.2) is 0 Å². The lowest BCUT2D eigenvalue weighted by molar-refractivity contribution is 0.0880. The number of fused-ring (bicyclic) bond motifs is 3. The van der Waals surface area contributed by atoms with E-state index in [0.29, 0.717) is 17.5 Å². The summed E-state index contributed by atoms with van der Waals surface area (Å²) in [5.41, 5.74) is 1.56. The maximum atomic E-state index is 11.9. The molecule has 0 bridgehead atoms. The average Bonchev–Trinajstić information content (AvgIpc) is 2.66. The first-order chi connectivity index (χ1) is 8.72. The van der Waals surface area contributed by atoms with Gasteiger partial charge in [0.05, 0.1) is 11.1 Å². The van der Waals surface area contributed by atoms with Crippen molar-refractivity contribution in [3.63, 3.8) is 0 Å². The molecule has 2 N–H and O–H groups in total. The number of carbonyl (C=O) groups is 2. The second kappa shape index (κ2) is 3.92. The number of benzene rings is 2. The van der Waals surface area contributed by atoms with Crippen LogP contribution in [0.3, 0.4) is 0 Å². The number of rotatable bonds is 2. The smallest absolute Gasteiger partial charge is 0.259 e. The number of nitrogens with one attached hydrogen (secondary N) is 1. The number of imide groups is 1. The summed E-state index contributed by atoms with van der Waals surface area (Å²) < 4.78 is 0. The van der Waals surface area contributed by atoms with Crippen LogP contribution in [0.25, 0.3) is 10.8 Å². The lowest BCUT2D eigenvalue weighted by Crippen LogP contribution is -2.20. The van der Waals surface area contributed by atoms with Crippen LogP contribution in [0.1, 0.15) is 26.3 Å². The van der Waals surface area contributed by atoms with E-state index in [2.05, 4.69) is 5.32 Å². The SMILES string of the molecule is O=C1NC(=O)c2c1c(CCO)cc1ccccc21. The fourth-order valence-electron chi connectivity index (χ4n) is 2.45. The summed E-state index contributed by atoms with van der Waals surface area (Å²) in [6.07, 6.45) is 0.369. The Balaban J connectivity index is 2.41. The van der Waals surface area contributed by atoms with Crippen LogP contribution in [0.15, 0.2) is 30.3 Å². The van der Waals surface area contributed by atoms with E-state index >= 15 is 0 Å². The van der Waals surface area contributed by atoms with E-state index in [-0.39, 0.29) is 18.4 Å². The molecule has 4 nitrogen and oxygen atoms in total. The lowest BCUT2D eigenvalue weighted by Gasteiger charge is -2.08. The first kappa shape index (κ1) is 10.9. The van der Waals surface area contributed by atoms with E-state index in [9.17, 15) is 9.59 Å². The Bertz CT molecular complexity index is 676. The molecule has 0 aromatic heterocycles. The van der Waals surface area contributed by atoms with Crippen molar-refractivity contribution in [1.29, 1.82) is 0 Å². The van der Waals surface area contributed by atoms with Gasteiger partial charge in [-0.3, -0.25) is 14.9 Å². The number of hydrogen-bond donors (Lipinski definition) is 2. The first-order valence-electron chi connectivity index (χ1n) is 5.73. The molecular weight excluding hydrogens is 230 g/mol. The Hall–Kier alpha value is -2.20. The van der Waals surface area contributed by atoms with Crippen molar-refractivity contribution in [2.45, 2.75) is 6.42 Å². The number of amides is 2. The molecule has 90 valence electrons. The van der Waals surface area contributed by atoms with Crippen LogP contribution in [-0.4, -0.2) is 23.5 Å². The van der Waals surface area contributed by atoms with Crippen molar-refractivity contribution in [3.05, 3.63) is 47.0 Å². The molecule has 0 fully saturated rings. The molecule has 0 saturated heterocycles. The molecule has 0 spiro atoms. The maximum absolute atomic E-state index is 11.9. The molecule has 0 radical (unpaired) electrons. The van der Waals surface area contributed by atoms with E-state index in [1.807, 2.05) is 30.3 Å². The van der Waals surface area contributed by atoms with Crippen molar-refractivity contribution in [1.82, 2.24) is 5.32 Å². The Morgan fingerprint density at radius 1 is 1.06 bits per heavy atom. The number of aliphatic hydroxyl groups is 1. The van der Waals surface area contributed by atoms with Crippen LogP contribution in [0.5, 0.6) is 0 Å². The van der Waals surface area contributed by atoms with Crippen molar-refractivity contribution >= 4 is 22.6 Å². The average molecular weight is 241 g/mol. The topological polar surface area (TPSA) is 66.4 Å². The van der Waals surface area contributed by atoms with Gasteiger partial charge in [-0.05, 0) is 22.8 Å². The third kappa shape index (κ3) is 1.43. The molecule has 2 amide bonds. The largest absolute Gasteiger partial charge is 0.396 e. The van der Waals surface area contributed by atoms with E-state index < -0.39 is 0 Å². The molecule has 1 aliphatic heterocycles. The van der Waals surface area contributed by atoms with E-state index in [0.717, 1.165) is 16.3 Å². The number of aliphatic hydroxyl groups excluding tert-OH is 1. The molecule has 0 saturated carbocycles. The Kier molecular flexibility index (Phi) is 2.38. The predicted molar refractivity (Wildman–Crippen MR) is 66.5 cm³/mol. The molecule has 3 rings (SSSR count). The van der Waals surface area contributed by atoms with Gasteiger partial charge in [0.25, 0.3) is 11.8 Å². The highest BCUT2D eigenvalue weighted by Crippen LogP contribution is 2.29. The van der Waals surface area contributed by atoms with E-state index in [1.165, 1.54) is 0 Å². The van der Waals surface area contributed by atoms with Gasteiger partial charge >= 0.3 is 0 Å². The minimum absolute atomic E-state index is 0.0494. The molecule has 0 atom stereocenters. The van der Waals surface area contributed by atoms with Gasteiger partial charge in [0.1, 0.15) is 0 Å². The zero-order valence-electron chi connectivity index (χ0n) is 9.56. The van der Waals surface area contributed by atoms with E-state index in [1.54, 1.807) is 0 Å². The molecule has 4 heteroatoms. The van der Waals surface area contributed by atoms with E-state index in [4.69, 9.17) is 5.11 Å². The minimum Gasteiger partial charge on any atom is -0.396 e. The highest BCUT2D eigenvalue weighted by molar-refractivity contribution is 6.27. The summed E-state index contributed by atoms with van der Waals surface area (Å²) in [5, 5.41) is 13.1. The van der Waals surface area contributed by atoms with Gasteiger partial charge in [0.2, 0.25) is 0 Å². The van der Waals surface area contributed by atoms with Gasteiger partial charge in [-0.25, -0.2) is 0 Å². The van der Waals surface area contributed by atoms with Crippen LogP contribution in [0.2, 0.25) is 0 Å². The van der Waals surface area contributed by atoms with Crippen molar-refractivity contribution in [3.8, 4) is 0 Å². The van der Waals surface area contributed by atoms with Crippen LogP contribution in [0.4, 0.5) is 0 Å². The monoisotopic (exact) mass is 241 g/mol. The number of carbonyl (C=O) groups excluding carboxylic acids is 2. The molecule has 1 aliphatic rings. The Morgan fingerprint density at radius 2 is 1.78 bits per heavy atom. The lowest BCUT2D eigenvalue weighted by atomic mass is 9.94. The minimum atomic E-state index is -0.371. The third-order valence-corrected chi connectivity index (χ3v) is 3.19. The van der Waals surface area contributed by atoms with Gasteiger partial charge in [-0.15, -0.1) is 0 Å². The molecule has 18 heavy (non-hydrogen) atoms. The first-order valence-corrected chi connectivity index (χ1v) is 5.73. The highest BCUT2D eigenvalue weighted by Gasteiger charge is 2.31. The third-order valence-electron chi connectivity index (χ3n) is 3.19. The fraction of sp³-hybridized carbons (Fsp3) is 0.143. The normalized spacial score (nSPS) is 13.8. The zero-order chi connectivity index (χ0) is 12.7.